The molecule has 1 atom stereocenters. The third kappa shape index (κ3) is 6.09. The fourth-order valence-electron chi connectivity index (χ4n) is 5.40. The van der Waals surface area contributed by atoms with Crippen molar-refractivity contribution < 1.29 is 28.5 Å². The molecule has 5 aromatic rings. The molecule has 0 saturated carbocycles. The van der Waals surface area contributed by atoms with Gasteiger partial charge in [0.15, 0.2) is 0 Å². The molecule has 44 heavy (non-hydrogen) atoms. The van der Waals surface area contributed by atoms with Gasteiger partial charge in [-0.05, 0) is 55.3 Å². The summed E-state index contributed by atoms with van der Waals surface area (Å²) in [5, 5.41) is 18.5. The monoisotopic (exact) mass is 592 g/mol. The van der Waals surface area contributed by atoms with Crippen LogP contribution in [0.2, 0.25) is 0 Å². The topological polar surface area (TPSA) is 119 Å². The molecule has 6 rings (SSSR count). The summed E-state index contributed by atoms with van der Waals surface area (Å²) in [5.41, 5.74) is 4.62. The zero-order valence-corrected chi connectivity index (χ0v) is 24.0. The molecule has 10 heteroatoms. The van der Waals surface area contributed by atoms with Crippen LogP contribution in [0.5, 0.6) is 11.6 Å². The summed E-state index contributed by atoms with van der Waals surface area (Å²) in [6.45, 7) is 1.27. The van der Waals surface area contributed by atoms with Gasteiger partial charge in [0.25, 0.3) is 0 Å². The van der Waals surface area contributed by atoms with Crippen molar-refractivity contribution in [2.75, 3.05) is 13.7 Å². The van der Waals surface area contributed by atoms with E-state index in [0.717, 1.165) is 47.4 Å². The number of ether oxygens (including phenoxy) is 3. The number of nitrogens with zero attached hydrogens (tertiary/aromatic N) is 4. The number of carboxylic acid groups (broad SMARTS) is 1. The minimum atomic E-state index is -0.986. The smallest absolute Gasteiger partial charge is 0.335 e. The number of aromatic carboxylic acids is 1. The minimum Gasteiger partial charge on any atom is -0.496 e. The molecule has 1 unspecified atom stereocenters. The Labute approximate surface area is 253 Å². The Hall–Kier alpha value is -5.27. The number of aromatic nitrogens is 3. The molecule has 1 aliphatic rings. The highest BCUT2D eigenvalue weighted by Gasteiger charge is 2.22. The first-order chi connectivity index (χ1) is 21.4. The first kappa shape index (κ1) is 28.8. The minimum absolute atomic E-state index is 0.0306. The number of benzene rings is 3. The van der Waals surface area contributed by atoms with Crippen LogP contribution < -0.4 is 9.47 Å². The molecule has 0 aliphatic carbocycles. The molecule has 222 valence electrons. The normalized spacial score (nSPS) is 14.4. The van der Waals surface area contributed by atoms with Gasteiger partial charge in [0, 0.05) is 35.8 Å². The highest BCUT2D eigenvalue weighted by molar-refractivity contribution is 5.92. The van der Waals surface area contributed by atoms with Crippen molar-refractivity contribution in [3.63, 3.8) is 0 Å². The zero-order chi connectivity index (χ0) is 30.6. The average Bonchev–Trinajstić information content (AvgIpc) is 3.68. The van der Waals surface area contributed by atoms with Crippen LogP contribution in [0, 0.1) is 17.1 Å². The van der Waals surface area contributed by atoms with Crippen LogP contribution in [-0.2, 0) is 24.3 Å². The van der Waals surface area contributed by atoms with Gasteiger partial charge in [0.05, 0.1) is 53.7 Å². The van der Waals surface area contributed by atoms with E-state index in [1.54, 1.807) is 37.4 Å². The molecule has 0 radical (unpaired) electrons. The molecule has 2 aromatic heterocycles. The van der Waals surface area contributed by atoms with Crippen LogP contribution in [-0.4, -0.2) is 45.4 Å². The van der Waals surface area contributed by atoms with Gasteiger partial charge < -0.3 is 23.9 Å². The number of carboxylic acids is 1. The summed E-state index contributed by atoms with van der Waals surface area (Å²) < 4.78 is 33.8. The maximum Gasteiger partial charge on any atom is 0.335 e. The number of hydrogen-bond acceptors (Lipinski definition) is 7. The van der Waals surface area contributed by atoms with Crippen LogP contribution in [0.25, 0.3) is 22.3 Å². The summed E-state index contributed by atoms with van der Waals surface area (Å²) in [7, 11) is 1.61. The molecule has 9 nitrogen and oxygen atoms in total. The number of methoxy groups -OCH3 is 1. The Morgan fingerprint density at radius 3 is 2.73 bits per heavy atom. The van der Waals surface area contributed by atoms with E-state index in [1.165, 1.54) is 12.1 Å². The van der Waals surface area contributed by atoms with E-state index in [2.05, 4.69) is 9.55 Å². The number of pyridine rings is 1. The number of imidazole rings is 1. The van der Waals surface area contributed by atoms with Crippen LogP contribution in [0.1, 0.15) is 45.7 Å². The van der Waals surface area contributed by atoms with Crippen molar-refractivity contribution in [1.29, 1.82) is 5.26 Å². The molecule has 0 bridgehead atoms. The van der Waals surface area contributed by atoms with E-state index >= 15 is 0 Å². The number of hydrogen-bond donors (Lipinski definition) is 1. The van der Waals surface area contributed by atoms with Gasteiger partial charge in [-0.2, -0.15) is 5.26 Å². The number of fused-ring (bicyclic) bond motifs is 1. The van der Waals surface area contributed by atoms with Crippen LogP contribution in [0.4, 0.5) is 4.39 Å². The Kier molecular flexibility index (Phi) is 8.21. The van der Waals surface area contributed by atoms with Crippen molar-refractivity contribution in [1.82, 2.24) is 14.5 Å². The summed E-state index contributed by atoms with van der Waals surface area (Å²) >= 11 is 0. The zero-order valence-electron chi connectivity index (χ0n) is 24.0. The van der Waals surface area contributed by atoms with E-state index in [-0.39, 0.29) is 23.8 Å². The van der Waals surface area contributed by atoms with Gasteiger partial charge in [0.2, 0.25) is 5.88 Å². The molecule has 0 amide bonds. The van der Waals surface area contributed by atoms with Crippen molar-refractivity contribution in [2.24, 2.45) is 0 Å². The van der Waals surface area contributed by atoms with Crippen LogP contribution in [0.15, 0.2) is 72.8 Å². The lowest BCUT2D eigenvalue weighted by atomic mass is 10.0. The van der Waals surface area contributed by atoms with Gasteiger partial charge in [-0.1, -0.05) is 24.3 Å². The summed E-state index contributed by atoms with van der Waals surface area (Å²) in [5.74, 6) is 0.273. The lowest BCUT2D eigenvalue weighted by Crippen LogP contribution is -2.17. The number of nitriles is 1. The van der Waals surface area contributed by atoms with Crippen molar-refractivity contribution >= 4 is 17.0 Å². The molecule has 1 aliphatic heterocycles. The quantitative estimate of drug-likeness (QED) is 0.205. The first-order valence-electron chi connectivity index (χ1n) is 14.2. The Morgan fingerprint density at radius 1 is 1.11 bits per heavy atom. The van der Waals surface area contributed by atoms with Gasteiger partial charge in [-0.15, -0.1) is 0 Å². The predicted octanol–water partition coefficient (Wildman–Crippen LogP) is 6.16. The molecule has 1 N–H and O–H groups in total. The highest BCUT2D eigenvalue weighted by atomic mass is 19.1. The second kappa shape index (κ2) is 12.5. The average molecular weight is 593 g/mol. The predicted molar refractivity (Wildman–Crippen MR) is 160 cm³/mol. The van der Waals surface area contributed by atoms with E-state index < -0.39 is 11.8 Å². The Bertz CT molecular complexity index is 1890. The Balaban J connectivity index is 1.26. The van der Waals surface area contributed by atoms with E-state index in [1.807, 2.05) is 36.4 Å². The molecular formula is C34H29FN4O5. The van der Waals surface area contributed by atoms with Crippen LogP contribution >= 0.6 is 0 Å². The lowest BCUT2D eigenvalue weighted by molar-refractivity contribution is 0.0697. The van der Waals surface area contributed by atoms with Crippen molar-refractivity contribution in [3.05, 3.63) is 107 Å². The standard InChI is InChI=1S/C34H29FN4O5/c1-42-31-16-22(28-5-2-6-33(38-28)44-20-25-8-7-21(18-36)14-27(25)35)9-10-23(31)17-32-37-29-12-11-24(34(40)41)15-30(29)39(32)19-26-4-3-13-43-26/h2,5-12,14-16,26H,3-4,13,17,19-20H2,1H3,(H,40,41). The van der Waals surface area contributed by atoms with Crippen molar-refractivity contribution in [2.45, 2.75) is 38.5 Å². The van der Waals surface area contributed by atoms with Gasteiger partial charge >= 0.3 is 5.97 Å². The molecule has 1 fully saturated rings. The Morgan fingerprint density at radius 2 is 1.98 bits per heavy atom. The SMILES string of the molecule is COc1cc(-c2cccc(OCc3ccc(C#N)cc3F)n2)ccc1Cc1nc2ccc(C(=O)O)cc2n1CC1CCCO1. The summed E-state index contributed by atoms with van der Waals surface area (Å²) in [6.07, 6.45) is 2.43. The second-order valence-corrected chi connectivity index (χ2v) is 10.6. The maximum atomic E-state index is 14.3. The van der Waals surface area contributed by atoms with E-state index in [0.29, 0.717) is 35.9 Å². The van der Waals surface area contributed by atoms with Gasteiger partial charge in [-0.25, -0.2) is 19.2 Å². The fourth-order valence-corrected chi connectivity index (χ4v) is 5.40. The molecule has 3 aromatic carbocycles. The highest BCUT2D eigenvalue weighted by Crippen LogP contribution is 2.31. The number of carbonyl (C=O) groups is 1. The summed E-state index contributed by atoms with van der Waals surface area (Å²) in [6, 6.07) is 22.3. The molecule has 0 spiro atoms. The molecular weight excluding hydrogens is 563 g/mol. The van der Waals surface area contributed by atoms with Crippen LogP contribution in [0.3, 0.4) is 0 Å². The van der Waals surface area contributed by atoms with E-state index in [9.17, 15) is 14.3 Å². The maximum absolute atomic E-state index is 14.3. The second-order valence-electron chi connectivity index (χ2n) is 10.6. The molecule has 1 saturated heterocycles. The van der Waals surface area contributed by atoms with Gasteiger partial charge in [0.1, 0.15) is 24.0 Å². The van der Waals surface area contributed by atoms with E-state index in [4.69, 9.17) is 24.5 Å². The first-order valence-corrected chi connectivity index (χ1v) is 14.2. The third-order valence-electron chi connectivity index (χ3n) is 7.70. The summed E-state index contributed by atoms with van der Waals surface area (Å²) in [4.78, 5) is 21.1. The van der Waals surface area contributed by atoms with Gasteiger partial charge in [-0.3, -0.25) is 0 Å². The fraction of sp³-hybridized carbons (Fsp3) is 0.235. The molecule has 3 heterocycles. The number of halogens is 1. The largest absolute Gasteiger partial charge is 0.496 e. The van der Waals surface area contributed by atoms with Crippen molar-refractivity contribution in [3.8, 4) is 29.0 Å². The lowest BCUT2D eigenvalue weighted by Gasteiger charge is -2.16. The third-order valence-corrected chi connectivity index (χ3v) is 7.70. The number of rotatable bonds is 10.